The quantitative estimate of drug-likeness (QED) is 0.678. The van der Waals surface area contributed by atoms with E-state index in [9.17, 15) is 9.59 Å². The standard InChI is InChI=1S/C5H5BrN2O2.C2H6/c1-8-4(9)2-3(6)7-5(8)10;1-2/h2H,1H3,(H,7,10);1-2H3. The number of halogens is 1. The highest BCUT2D eigenvalue weighted by Crippen LogP contribution is 1.94. The van der Waals surface area contributed by atoms with Crippen LogP contribution in [0, 0.1) is 0 Å². The Balaban J connectivity index is 0.000000561. The Morgan fingerprint density at radius 1 is 1.42 bits per heavy atom. The van der Waals surface area contributed by atoms with Crippen molar-refractivity contribution in [1.29, 1.82) is 0 Å². The number of hydrogen-bond donors (Lipinski definition) is 1. The molecule has 0 amide bonds. The molecular weight excluding hydrogens is 224 g/mol. The minimum Gasteiger partial charge on any atom is -0.301 e. The van der Waals surface area contributed by atoms with Crippen molar-refractivity contribution in [2.75, 3.05) is 0 Å². The molecule has 12 heavy (non-hydrogen) atoms. The van der Waals surface area contributed by atoms with E-state index < -0.39 is 5.69 Å². The molecule has 1 heterocycles. The fourth-order valence-electron chi connectivity index (χ4n) is 0.527. The number of nitrogens with one attached hydrogen (secondary N) is 1. The molecule has 1 N–H and O–H groups in total. The first-order valence-electron chi connectivity index (χ1n) is 3.57. The summed E-state index contributed by atoms with van der Waals surface area (Å²) in [7, 11) is 1.41. The number of H-pyrrole nitrogens is 1. The average molecular weight is 235 g/mol. The van der Waals surface area contributed by atoms with E-state index in [0.29, 0.717) is 4.60 Å². The minimum absolute atomic E-state index is 0.323. The van der Waals surface area contributed by atoms with Gasteiger partial charge < -0.3 is 4.98 Å². The molecule has 0 unspecified atom stereocenters. The Hall–Kier alpha value is -0.840. The molecule has 0 bridgehead atoms. The minimum atomic E-state index is -0.417. The molecule has 0 fully saturated rings. The first-order chi connectivity index (χ1) is 5.61. The summed E-state index contributed by atoms with van der Waals surface area (Å²) < 4.78 is 1.39. The van der Waals surface area contributed by atoms with E-state index in [0.717, 1.165) is 4.57 Å². The molecule has 68 valence electrons. The van der Waals surface area contributed by atoms with Crippen LogP contribution < -0.4 is 11.2 Å². The van der Waals surface area contributed by atoms with Crippen LogP contribution in [-0.2, 0) is 7.05 Å². The summed E-state index contributed by atoms with van der Waals surface area (Å²) in [6.45, 7) is 4.00. The maximum absolute atomic E-state index is 10.8. The van der Waals surface area contributed by atoms with Gasteiger partial charge in [0.25, 0.3) is 5.56 Å². The van der Waals surface area contributed by atoms with Gasteiger partial charge in [0, 0.05) is 13.1 Å². The third-order valence-corrected chi connectivity index (χ3v) is 1.54. The maximum atomic E-state index is 10.8. The van der Waals surface area contributed by atoms with Crippen molar-refractivity contribution < 1.29 is 0 Å². The predicted molar refractivity (Wildman–Crippen MR) is 51.4 cm³/mol. The molecule has 0 atom stereocenters. The largest absolute Gasteiger partial charge is 0.328 e. The van der Waals surface area contributed by atoms with Gasteiger partial charge >= 0.3 is 5.69 Å². The van der Waals surface area contributed by atoms with Crippen LogP contribution in [0.25, 0.3) is 0 Å². The number of aromatic amines is 1. The second-order valence-corrected chi connectivity index (χ2v) is 2.67. The van der Waals surface area contributed by atoms with E-state index >= 15 is 0 Å². The number of nitrogens with zero attached hydrogens (tertiary/aromatic N) is 1. The van der Waals surface area contributed by atoms with E-state index in [1.165, 1.54) is 13.1 Å². The zero-order valence-electron chi connectivity index (χ0n) is 7.22. The molecule has 1 aromatic heterocycles. The third-order valence-electron chi connectivity index (χ3n) is 1.11. The first-order valence-corrected chi connectivity index (χ1v) is 4.36. The molecule has 0 aromatic carbocycles. The van der Waals surface area contributed by atoms with Crippen LogP contribution >= 0.6 is 15.9 Å². The topological polar surface area (TPSA) is 54.9 Å². The highest BCUT2D eigenvalue weighted by Gasteiger charge is 1.94. The van der Waals surface area contributed by atoms with Crippen LogP contribution in [0.1, 0.15) is 13.8 Å². The Bertz CT molecular complexity index is 322. The van der Waals surface area contributed by atoms with Crippen LogP contribution in [0.3, 0.4) is 0 Å². The van der Waals surface area contributed by atoms with E-state index in [1.54, 1.807) is 0 Å². The van der Waals surface area contributed by atoms with Crippen molar-refractivity contribution in [3.63, 3.8) is 0 Å². The van der Waals surface area contributed by atoms with Gasteiger partial charge in [-0.1, -0.05) is 13.8 Å². The molecule has 0 saturated heterocycles. The Morgan fingerprint density at radius 2 is 1.92 bits per heavy atom. The van der Waals surface area contributed by atoms with E-state index in [-0.39, 0.29) is 5.56 Å². The fourth-order valence-corrected chi connectivity index (χ4v) is 0.893. The molecule has 4 nitrogen and oxygen atoms in total. The fraction of sp³-hybridized carbons (Fsp3) is 0.429. The molecule has 0 saturated carbocycles. The molecule has 0 spiro atoms. The van der Waals surface area contributed by atoms with E-state index in [2.05, 4.69) is 20.9 Å². The van der Waals surface area contributed by atoms with Crippen LogP contribution in [0.4, 0.5) is 0 Å². The van der Waals surface area contributed by atoms with Gasteiger partial charge in [0.2, 0.25) is 0 Å². The van der Waals surface area contributed by atoms with Gasteiger partial charge in [0.15, 0.2) is 0 Å². The molecular formula is C7H11BrN2O2. The van der Waals surface area contributed by atoms with Crippen LogP contribution in [0.15, 0.2) is 20.3 Å². The number of rotatable bonds is 0. The monoisotopic (exact) mass is 234 g/mol. The van der Waals surface area contributed by atoms with E-state index in [1.807, 2.05) is 13.8 Å². The van der Waals surface area contributed by atoms with Crippen molar-refractivity contribution in [2.45, 2.75) is 13.8 Å². The summed E-state index contributed by atoms with van der Waals surface area (Å²) in [5, 5.41) is 0. The van der Waals surface area contributed by atoms with Crippen LogP contribution in [-0.4, -0.2) is 9.55 Å². The lowest BCUT2D eigenvalue weighted by Gasteiger charge is -1.92. The summed E-state index contributed by atoms with van der Waals surface area (Å²) in [5.41, 5.74) is -0.741. The molecule has 0 aliphatic carbocycles. The summed E-state index contributed by atoms with van der Waals surface area (Å²) in [4.78, 5) is 23.9. The summed E-state index contributed by atoms with van der Waals surface area (Å²) >= 11 is 2.98. The zero-order chi connectivity index (χ0) is 9.72. The molecule has 5 heteroatoms. The van der Waals surface area contributed by atoms with Crippen molar-refractivity contribution >= 4 is 15.9 Å². The highest BCUT2D eigenvalue weighted by atomic mass is 79.9. The predicted octanol–water partition coefficient (Wildman–Crippen LogP) is 0.862. The highest BCUT2D eigenvalue weighted by molar-refractivity contribution is 9.10. The van der Waals surface area contributed by atoms with Crippen LogP contribution in [0.2, 0.25) is 0 Å². The van der Waals surface area contributed by atoms with Crippen molar-refractivity contribution in [3.05, 3.63) is 31.5 Å². The SMILES string of the molecule is CC.Cn1c(=O)cc(Br)[nH]c1=O. The molecule has 0 aliphatic rings. The van der Waals surface area contributed by atoms with E-state index in [4.69, 9.17) is 0 Å². The van der Waals surface area contributed by atoms with Crippen LogP contribution in [0.5, 0.6) is 0 Å². The van der Waals surface area contributed by atoms with Gasteiger partial charge in [-0.25, -0.2) is 4.79 Å². The van der Waals surface area contributed by atoms with Crippen molar-refractivity contribution in [3.8, 4) is 0 Å². The normalized spacial score (nSPS) is 8.67. The smallest absolute Gasteiger partial charge is 0.301 e. The second kappa shape index (κ2) is 4.92. The lowest BCUT2D eigenvalue weighted by atomic mass is 10.6. The van der Waals surface area contributed by atoms with Gasteiger partial charge in [0.1, 0.15) is 0 Å². The number of aromatic nitrogens is 2. The Morgan fingerprint density at radius 3 is 2.33 bits per heavy atom. The van der Waals surface area contributed by atoms with Crippen molar-refractivity contribution in [2.24, 2.45) is 7.05 Å². The average Bonchev–Trinajstić information content (AvgIpc) is 2.04. The zero-order valence-corrected chi connectivity index (χ0v) is 8.81. The van der Waals surface area contributed by atoms with Gasteiger partial charge in [-0.15, -0.1) is 0 Å². The lowest BCUT2D eigenvalue weighted by molar-refractivity contribution is 0.769. The number of hydrogen-bond acceptors (Lipinski definition) is 2. The van der Waals surface area contributed by atoms with Gasteiger partial charge in [0.05, 0.1) is 4.60 Å². The van der Waals surface area contributed by atoms with Gasteiger partial charge in [-0.3, -0.25) is 9.36 Å². The molecule has 1 aromatic rings. The summed E-state index contributed by atoms with van der Waals surface area (Å²) in [6.07, 6.45) is 0. The summed E-state index contributed by atoms with van der Waals surface area (Å²) in [6, 6.07) is 1.29. The Labute approximate surface area is 78.4 Å². The van der Waals surface area contributed by atoms with Gasteiger partial charge in [-0.2, -0.15) is 0 Å². The van der Waals surface area contributed by atoms with Gasteiger partial charge in [-0.05, 0) is 15.9 Å². The second-order valence-electron chi connectivity index (χ2n) is 1.82. The first kappa shape index (κ1) is 11.2. The third kappa shape index (κ3) is 2.65. The van der Waals surface area contributed by atoms with Crippen molar-refractivity contribution in [1.82, 2.24) is 9.55 Å². The molecule has 0 aliphatic heterocycles. The maximum Gasteiger partial charge on any atom is 0.328 e. The summed E-state index contributed by atoms with van der Waals surface area (Å²) in [5.74, 6) is 0. The molecule has 1 rings (SSSR count). The Kier molecular flexibility index (Phi) is 4.58. The lowest BCUT2D eigenvalue weighted by Crippen LogP contribution is -2.31. The molecule has 0 radical (unpaired) electrons.